The van der Waals surface area contributed by atoms with E-state index in [9.17, 15) is 8.42 Å². The van der Waals surface area contributed by atoms with Gasteiger partial charge in [-0.15, -0.1) is 0 Å². The van der Waals surface area contributed by atoms with E-state index in [0.29, 0.717) is 29.9 Å². The van der Waals surface area contributed by atoms with E-state index in [1.165, 1.54) is 5.56 Å². The summed E-state index contributed by atoms with van der Waals surface area (Å²) in [5.74, 6) is 1.32. The van der Waals surface area contributed by atoms with Crippen molar-refractivity contribution in [1.82, 2.24) is 15.2 Å². The highest BCUT2D eigenvalue weighted by molar-refractivity contribution is 7.89. The zero-order valence-corrected chi connectivity index (χ0v) is 17.8. The summed E-state index contributed by atoms with van der Waals surface area (Å²) in [6, 6.07) is 15.9. The Morgan fingerprint density at radius 1 is 1.03 bits per heavy atom. The van der Waals surface area contributed by atoms with Crippen LogP contribution in [0, 0.1) is 12.8 Å². The number of nitrogens with zero attached hydrogens (tertiary/aromatic N) is 1. The lowest BCUT2D eigenvalue weighted by Gasteiger charge is -2.34. The Kier molecular flexibility index (Phi) is 5.92. The first kappa shape index (κ1) is 20.3. The molecule has 0 spiro atoms. The van der Waals surface area contributed by atoms with Crippen LogP contribution in [-0.4, -0.2) is 39.0 Å². The smallest absolute Gasteiger partial charge is 0.243 e. The molecule has 2 aromatic carbocycles. The number of ether oxygens (including phenoxy) is 1. The van der Waals surface area contributed by atoms with E-state index in [2.05, 4.69) is 23.0 Å². The molecule has 2 heterocycles. The lowest BCUT2D eigenvalue weighted by atomic mass is 9.87. The summed E-state index contributed by atoms with van der Waals surface area (Å²) in [6.07, 6.45) is 2.73. The van der Waals surface area contributed by atoms with Gasteiger partial charge in [-0.3, -0.25) is 10.9 Å². The minimum absolute atomic E-state index is 0.240. The molecule has 2 aliphatic heterocycles. The second-order valence-electron chi connectivity index (χ2n) is 8.02. The van der Waals surface area contributed by atoms with E-state index in [-0.39, 0.29) is 6.04 Å². The van der Waals surface area contributed by atoms with Crippen LogP contribution in [0.5, 0.6) is 5.75 Å². The molecule has 0 bridgehead atoms. The van der Waals surface area contributed by atoms with Crippen molar-refractivity contribution in [2.75, 3.05) is 20.2 Å². The van der Waals surface area contributed by atoms with Crippen LogP contribution in [0.1, 0.15) is 36.4 Å². The van der Waals surface area contributed by atoms with Crippen LogP contribution in [-0.2, 0) is 10.0 Å². The molecular weight excluding hydrogens is 386 g/mol. The fraction of sp³-hybridized carbons (Fsp3) is 0.455. The lowest BCUT2D eigenvalue weighted by molar-refractivity contribution is 0.230. The fourth-order valence-corrected chi connectivity index (χ4v) is 5.99. The summed E-state index contributed by atoms with van der Waals surface area (Å²) in [5.41, 5.74) is 9.02. The first-order chi connectivity index (χ1) is 14.0. The fourth-order valence-electron chi connectivity index (χ4n) is 4.41. The molecular formula is C22H29N3O3S. The molecule has 0 radical (unpaired) electrons. The molecule has 2 N–H and O–H groups in total. The molecule has 0 aromatic heterocycles. The zero-order valence-electron chi connectivity index (χ0n) is 17.0. The average Bonchev–Trinajstić information content (AvgIpc) is 3.24. The van der Waals surface area contributed by atoms with Crippen LogP contribution < -0.4 is 15.6 Å². The van der Waals surface area contributed by atoms with Crippen molar-refractivity contribution in [3.63, 3.8) is 0 Å². The van der Waals surface area contributed by atoms with Crippen LogP contribution in [0.2, 0.25) is 0 Å². The standard InChI is InChI=1S/C22H29N3O3S/c1-16-5-3-8-20(13-16)29(26,27)25-11-9-17(10-12-25)21-15-22(24-23-21)18-6-4-7-19(14-18)28-2/h3-8,13-14,17,21-24H,9-12,15H2,1-2H3. The highest BCUT2D eigenvalue weighted by Crippen LogP contribution is 2.33. The topological polar surface area (TPSA) is 70.7 Å². The Hall–Kier alpha value is -1.93. The van der Waals surface area contributed by atoms with E-state index in [0.717, 1.165) is 30.6 Å². The number of aryl methyl sites for hydroxylation is 1. The van der Waals surface area contributed by atoms with E-state index in [4.69, 9.17) is 4.74 Å². The quantitative estimate of drug-likeness (QED) is 0.786. The van der Waals surface area contributed by atoms with Gasteiger partial charge in [-0.1, -0.05) is 24.3 Å². The number of sulfonamides is 1. The number of hydrazine groups is 1. The van der Waals surface area contributed by atoms with Crippen molar-refractivity contribution in [2.45, 2.75) is 43.2 Å². The Morgan fingerprint density at radius 3 is 2.52 bits per heavy atom. The van der Waals surface area contributed by atoms with Crippen LogP contribution in [0.25, 0.3) is 0 Å². The van der Waals surface area contributed by atoms with Gasteiger partial charge in [0.2, 0.25) is 10.0 Å². The third-order valence-electron chi connectivity index (χ3n) is 6.12. The summed E-state index contributed by atoms with van der Waals surface area (Å²) >= 11 is 0. The zero-order chi connectivity index (χ0) is 20.4. The molecule has 7 heteroatoms. The number of piperidine rings is 1. The minimum Gasteiger partial charge on any atom is -0.497 e. The van der Waals surface area contributed by atoms with Gasteiger partial charge in [0.15, 0.2) is 0 Å². The molecule has 2 unspecified atom stereocenters. The molecule has 2 fully saturated rings. The Bertz CT molecular complexity index is 955. The molecule has 156 valence electrons. The van der Waals surface area contributed by atoms with Gasteiger partial charge in [0.1, 0.15) is 5.75 Å². The Labute approximate surface area is 173 Å². The SMILES string of the molecule is COc1cccc(C2CC(C3CCN(S(=O)(=O)c4cccc(C)c4)CC3)NN2)c1. The third-order valence-corrected chi connectivity index (χ3v) is 8.02. The molecule has 6 nitrogen and oxygen atoms in total. The summed E-state index contributed by atoms with van der Waals surface area (Å²) in [6.45, 7) is 3.06. The molecule has 0 aliphatic carbocycles. The van der Waals surface area contributed by atoms with Gasteiger partial charge in [0, 0.05) is 25.2 Å². The molecule has 29 heavy (non-hydrogen) atoms. The number of benzene rings is 2. The van der Waals surface area contributed by atoms with E-state index in [1.54, 1.807) is 23.5 Å². The summed E-state index contributed by atoms with van der Waals surface area (Å²) in [7, 11) is -1.73. The van der Waals surface area contributed by atoms with Crippen molar-refractivity contribution in [1.29, 1.82) is 0 Å². The van der Waals surface area contributed by atoms with Crippen LogP contribution in [0.3, 0.4) is 0 Å². The van der Waals surface area contributed by atoms with Crippen molar-refractivity contribution < 1.29 is 13.2 Å². The van der Waals surface area contributed by atoms with Crippen molar-refractivity contribution >= 4 is 10.0 Å². The maximum atomic E-state index is 13.0. The number of rotatable bonds is 5. The molecule has 0 saturated carbocycles. The second kappa shape index (κ2) is 8.44. The molecule has 2 atom stereocenters. The largest absolute Gasteiger partial charge is 0.497 e. The summed E-state index contributed by atoms with van der Waals surface area (Å²) < 4.78 is 32.9. The van der Waals surface area contributed by atoms with Gasteiger partial charge in [0.05, 0.1) is 12.0 Å². The van der Waals surface area contributed by atoms with E-state index in [1.807, 2.05) is 31.2 Å². The number of hydrogen-bond acceptors (Lipinski definition) is 5. The average molecular weight is 416 g/mol. The van der Waals surface area contributed by atoms with Gasteiger partial charge in [0.25, 0.3) is 0 Å². The maximum absolute atomic E-state index is 13.0. The molecule has 2 aromatic rings. The first-order valence-electron chi connectivity index (χ1n) is 10.2. The molecule has 2 aliphatic rings. The predicted molar refractivity (Wildman–Crippen MR) is 113 cm³/mol. The van der Waals surface area contributed by atoms with E-state index >= 15 is 0 Å². The van der Waals surface area contributed by atoms with Gasteiger partial charge in [-0.2, -0.15) is 4.31 Å². The predicted octanol–water partition coefficient (Wildman–Crippen LogP) is 3.01. The van der Waals surface area contributed by atoms with Gasteiger partial charge in [-0.25, -0.2) is 8.42 Å². The van der Waals surface area contributed by atoms with Gasteiger partial charge < -0.3 is 4.74 Å². The van der Waals surface area contributed by atoms with Crippen LogP contribution in [0.15, 0.2) is 53.4 Å². The highest BCUT2D eigenvalue weighted by atomic mass is 32.2. The van der Waals surface area contributed by atoms with Crippen LogP contribution >= 0.6 is 0 Å². The van der Waals surface area contributed by atoms with Crippen molar-refractivity contribution in [3.05, 3.63) is 59.7 Å². The normalized spacial score (nSPS) is 23.9. The number of methoxy groups -OCH3 is 1. The summed E-state index contributed by atoms with van der Waals surface area (Å²) in [5, 5.41) is 0. The Balaban J connectivity index is 1.36. The maximum Gasteiger partial charge on any atom is 0.243 e. The minimum atomic E-state index is -3.41. The molecule has 0 amide bonds. The Morgan fingerprint density at radius 2 is 1.79 bits per heavy atom. The summed E-state index contributed by atoms with van der Waals surface area (Å²) in [4.78, 5) is 0.398. The second-order valence-corrected chi connectivity index (χ2v) is 9.96. The third kappa shape index (κ3) is 4.33. The van der Waals surface area contributed by atoms with Gasteiger partial charge in [-0.05, 0) is 67.5 Å². The van der Waals surface area contributed by atoms with Crippen molar-refractivity contribution in [3.8, 4) is 5.75 Å². The monoisotopic (exact) mass is 415 g/mol. The number of nitrogens with one attached hydrogen (secondary N) is 2. The highest BCUT2D eigenvalue weighted by Gasteiger charge is 2.36. The van der Waals surface area contributed by atoms with E-state index < -0.39 is 10.0 Å². The molecule has 4 rings (SSSR count). The first-order valence-corrected chi connectivity index (χ1v) is 11.6. The lowest BCUT2D eigenvalue weighted by Crippen LogP contribution is -2.44. The number of hydrogen-bond donors (Lipinski definition) is 2. The van der Waals surface area contributed by atoms with Crippen LogP contribution in [0.4, 0.5) is 0 Å². The molecule has 2 saturated heterocycles. The van der Waals surface area contributed by atoms with Crippen molar-refractivity contribution in [2.24, 2.45) is 5.92 Å². The van der Waals surface area contributed by atoms with Gasteiger partial charge >= 0.3 is 0 Å².